The first-order valence-electron chi connectivity index (χ1n) is 8.69. The molecular weight excluding hydrogens is 512 g/mol. The lowest BCUT2D eigenvalue weighted by atomic mass is 10.2. The zero-order valence-electron chi connectivity index (χ0n) is 14.9. The van der Waals surface area contributed by atoms with Gasteiger partial charge in [-0.1, -0.05) is 23.5 Å². The van der Waals surface area contributed by atoms with E-state index < -0.39 is 8.60 Å². The van der Waals surface area contributed by atoms with E-state index in [4.69, 9.17) is 9.05 Å². The van der Waals surface area contributed by atoms with Gasteiger partial charge in [-0.2, -0.15) is 0 Å². The summed E-state index contributed by atoms with van der Waals surface area (Å²) in [5, 5.41) is 8.25. The molecule has 4 aromatic heterocycles. The van der Waals surface area contributed by atoms with Gasteiger partial charge in [-0.15, -0.1) is 45.3 Å². The molecule has 0 saturated heterocycles. The Balaban J connectivity index is 1.31. The van der Waals surface area contributed by atoms with Crippen LogP contribution in [0.15, 0.2) is 62.6 Å². The van der Waals surface area contributed by atoms with Gasteiger partial charge in [-0.05, 0) is 57.9 Å². The molecule has 0 aromatic carbocycles. The molecule has 0 aliphatic carbocycles. The molecule has 0 unspecified atom stereocenters. The van der Waals surface area contributed by atoms with Crippen molar-refractivity contribution in [1.82, 2.24) is 0 Å². The molecule has 6 heterocycles. The van der Waals surface area contributed by atoms with Gasteiger partial charge >= 0.3 is 8.60 Å². The van der Waals surface area contributed by atoms with Gasteiger partial charge in [0.15, 0.2) is 0 Å². The molecule has 3 nitrogen and oxygen atoms in total. The zero-order valence-corrected chi connectivity index (χ0v) is 20.7. The quantitative estimate of drug-likeness (QED) is 0.271. The normalized spacial score (nSPS) is 14.6. The minimum atomic E-state index is -2.15. The highest BCUT2D eigenvalue weighted by Gasteiger charge is 2.26. The van der Waals surface area contributed by atoms with Crippen molar-refractivity contribution in [2.24, 2.45) is 0 Å². The van der Waals surface area contributed by atoms with Crippen LogP contribution in [0.1, 0.15) is 22.3 Å². The average Bonchev–Trinajstić information content (AvgIpc) is 3.51. The Bertz CT molecular complexity index is 1190. The van der Waals surface area contributed by atoms with Crippen LogP contribution in [0.2, 0.25) is 0 Å². The first-order valence-corrected chi connectivity index (χ1v) is 15.0. The Hall–Kier alpha value is -1.03. The monoisotopic (exact) mass is 522 g/mol. The minimum Gasteiger partial charge on any atom is -0.417 e. The number of rotatable bonds is 4. The summed E-state index contributed by atoms with van der Waals surface area (Å²) in [6.07, 6.45) is 3.99. The maximum Gasteiger partial charge on any atom is 0.460 e. The maximum absolute atomic E-state index is 10.8. The highest BCUT2D eigenvalue weighted by Crippen LogP contribution is 2.53. The van der Waals surface area contributed by atoms with Gasteiger partial charge in [-0.3, -0.25) is 0 Å². The highest BCUT2D eigenvalue weighted by atomic mass is 32.2. The Morgan fingerprint density at radius 3 is 1.53 bits per heavy atom. The molecule has 10 heteroatoms. The van der Waals surface area contributed by atoms with E-state index in [9.17, 15) is 4.89 Å². The molecule has 150 valence electrons. The molecule has 0 fully saturated rings. The first kappa shape index (κ1) is 19.6. The minimum absolute atomic E-state index is 0.648. The summed E-state index contributed by atoms with van der Waals surface area (Å²) >= 11 is 10.3. The van der Waals surface area contributed by atoms with Crippen LogP contribution in [0.25, 0.3) is 23.7 Å². The molecule has 0 bridgehead atoms. The summed E-state index contributed by atoms with van der Waals surface area (Å²) in [5.74, 6) is 1.30. The summed E-state index contributed by atoms with van der Waals surface area (Å²) in [4.78, 5) is 10.8. The van der Waals surface area contributed by atoms with Crippen molar-refractivity contribution >= 4 is 101 Å². The lowest BCUT2D eigenvalue weighted by molar-refractivity contribution is 0.349. The van der Waals surface area contributed by atoms with Crippen LogP contribution in [-0.4, -0.2) is 4.89 Å². The molecule has 4 aromatic rings. The second-order valence-electron chi connectivity index (χ2n) is 6.21. The molecule has 6 rings (SSSR count). The number of hydrogen-bond acceptors (Lipinski definition) is 9. The average molecular weight is 523 g/mol. The molecular formula is C20H11O3PS6. The van der Waals surface area contributed by atoms with Gasteiger partial charge in [0.1, 0.15) is 11.5 Å². The highest BCUT2D eigenvalue weighted by molar-refractivity contribution is 8.03. The predicted molar refractivity (Wildman–Crippen MR) is 133 cm³/mol. The van der Waals surface area contributed by atoms with Crippen molar-refractivity contribution in [3.63, 3.8) is 0 Å². The molecule has 30 heavy (non-hydrogen) atoms. The fourth-order valence-corrected chi connectivity index (χ4v) is 10.3. The largest absolute Gasteiger partial charge is 0.460 e. The molecule has 2 aliphatic rings. The van der Waals surface area contributed by atoms with Gasteiger partial charge in [0.05, 0.1) is 16.8 Å². The predicted octanol–water partition coefficient (Wildman–Crippen LogP) is 8.81. The van der Waals surface area contributed by atoms with Crippen LogP contribution in [0.3, 0.4) is 0 Å². The lowest BCUT2D eigenvalue weighted by Crippen LogP contribution is -1.92. The molecule has 0 radical (unpaired) electrons. The molecule has 0 spiro atoms. The number of fused-ring (bicyclic) bond motifs is 4. The lowest BCUT2D eigenvalue weighted by Gasteiger charge is -2.16. The van der Waals surface area contributed by atoms with E-state index in [0.29, 0.717) is 11.5 Å². The van der Waals surface area contributed by atoms with Gasteiger partial charge in [-0.25, -0.2) is 0 Å². The molecule has 0 amide bonds. The SMILES string of the molecule is OP(OC1=Cc2ccsc2Sc2sccc21)OC1=Cc2ccsc2Sc2sccc21. The Morgan fingerprint density at radius 2 is 1.03 bits per heavy atom. The van der Waals surface area contributed by atoms with Crippen molar-refractivity contribution in [3.05, 3.63) is 68.0 Å². The van der Waals surface area contributed by atoms with Crippen LogP contribution in [0, 0.1) is 0 Å². The smallest absolute Gasteiger partial charge is 0.417 e. The van der Waals surface area contributed by atoms with Crippen LogP contribution in [0.4, 0.5) is 0 Å². The first-order chi connectivity index (χ1) is 14.7. The van der Waals surface area contributed by atoms with E-state index in [1.165, 1.54) is 16.8 Å². The second kappa shape index (κ2) is 8.15. The summed E-state index contributed by atoms with van der Waals surface area (Å²) in [5.41, 5.74) is 4.22. The Labute approximate surface area is 198 Å². The van der Waals surface area contributed by atoms with Gasteiger partial charge in [0.2, 0.25) is 0 Å². The van der Waals surface area contributed by atoms with Gasteiger partial charge < -0.3 is 13.9 Å². The molecule has 2 aliphatic heterocycles. The summed E-state index contributed by atoms with van der Waals surface area (Å²) in [6.45, 7) is 0. The van der Waals surface area contributed by atoms with E-state index >= 15 is 0 Å². The van der Waals surface area contributed by atoms with E-state index in [0.717, 1.165) is 22.3 Å². The van der Waals surface area contributed by atoms with Gasteiger partial charge in [0, 0.05) is 22.3 Å². The standard InChI is InChI=1S/C20H11O3PS6/c21-24(22-15-9-11-1-5-25-17(11)29-19-13(15)3-7-27-19)23-16-10-12-2-6-26-18(12)30-20-14(16)4-8-28-20/h1-10,21H. The molecule has 0 saturated carbocycles. The van der Waals surface area contributed by atoms with Crippen LogP contribution in [0.5, 0.6) is 0 Å². The van der Waals surface area contributed by atoms with E-state index in [1.807, 2.05) is 24.3 Å². The summed E-state index contributed by atoms with van der Waals surface area (Å²) in [6, 6.07) is 8.23. The zero-order chi connectivity index (χ0) is 20.1. The molecule has 0 atom stereocenters. The third-order valence-electron chi connectivity index (χ3n) is 4.40. The van der Waals surface area contributed by atoms with Crippen molar-refractivity contribution in [1.29, 1.82) is 0 Å². The van der Waals surface area contributed by atoms with Crippen LogP contribution in [-0.2, 0) is 9.05 Å². The molecule has 1 N–H and O–H groups in total. The third kappa shape index (κ3) is 3.61. The third-order valence-corrected chi connectivity index (χ3v) is 11.8. The number of thiophene rings is 4. The summed E-state index contributed by atoms with van der Waals surface area (Å²) < 4.78 is 16.8. The van der Waals surface area contributed by atoms with Crippen molar-refractivity contribution in [2.45, 2.75) is 16.8 Å². The fraction of sp³-hybridized carbons (Fsp3) is 0. The second-order valence-corrected chi connectivity index (χ2v) is 13.8. The maximum atomic E-state index is 10.8. The van der Waals surface area contributed by atoms with Gasteiger partial charge in [0.25, 0.3) is 0 Å². The van der Waals surface area contributed by atoms with E-state index in [2.05, 4.69) is 33.7 Å². The Morgan fingerprint density at radius 1 is 0.600 bits per heavy atom. The summed E-state index contributed by atoms with van der Waals surface area (Å²) in [7, 11) is -2.15. The van der Waals surface area contributed by atoms with E-state index in [1.54, 1.807) is 68.9 Å². The fourth-order valence-electron chi connectivity index (χ4n) is 3.05. The van der Waals surface area contributed by atoms with Crippen LogP contribution < -0.4 is 0 Å². The number of hydrogen-bond donors (Lipinski definition) is 1. The Kier molecular flexibility index (Phi) is 5.33. The van der Waals surface area contributed by atoms with Crippen LogP contribution >= 0.6 is 77.5 Å². The van der Waals surface area contributed by atoms with Crippen molar-refractivity contribution < 1.29 is 13.9 Å². The van der Waals surface area contributed by atoms with E-state index in [-0.39, 0.29) is 0 Å². The van der Waals surface area contributed by atoms with Crippen molar-refractivity contribution in [2.75, 3.05) is 0 Å². The topological polar surface area (TPSA) is 38.7 Å². The van der Waals surface area contributed by atoms with Crippen molar-refractivity contribution in [3.8, 4) is 0 Å².